The molecule has 1 unspecified atom stereocenters. The van der Waals surface area contributed by atoms with Crippen LogP contribution in [-0.2, 0) is 11.2 Å². The molecule has 0 radical (unpaired) electrons. The Balaban J connectivity index is 2.14. The quantitative estimate of drug-likeness (QED) is 0.615. The molecule has 1 N–H and O–H groups in total. The summed E-state index contributed by atoms with van der Waals surface area (Å²) < 4.78 is 0. The van der Waals surface area contributed by atoms with Crippen molar-refractivity contribution < 1.29 is 9.72 Å². The maximum absolute atomic E-state index is 12.5. The average Bonchev–Trinajstić information content (AvgIpc) is 2.55. The van der Waals surface area contributed by atoms with Crippen molar-refractivity contribution in [3.8, 4) is 0 Å². The minimum atomic E-state index is -0.502. The fourth-order valence-electron chi connectivity index (χ4n) is 3.25. The Hall–Kier alpha value is -2.76. The monoisotopic (exact) mass is 341 g/mol. The van der Waals surface area contributed by atoms with E-state index in [1.165, 1.54) is 6.07 Å². The molecule has 1 amide bonds. The van der Waals surface area contributed by atoms with Crippen molar-refractivity contribution in [1.29, 1.82) is 0 Å². The normalized spacial score (nSPS) is 12.4. The van der Waals surface area contributed by atoms with Gasteiger partial charge in [-0.05, 0) is 31.9 Å². The summed E-state index contributed by atoms with van der Waals surface area (Å²) in [5.41, 5.74) is 0.935. The van der Waals surface area contributed by atoms with E-state index < -0.39 is 10.5 Å². The van der Waals surface area contributed by atoms with Gasteiger partial charge in [-0.3, -0.25) is 19.9 Å². The van der Waals surface area contributed by atoms with Gasteiger partial charge in [-0.15, -0.1) is 0 Å². The minimum absolute atomic E-state index is 0.0238. The van der Waals surface area contributed by atoms with Crippen LogP contribution in [0.2, 0.25) is 0 Å². The second-order valence-electron chi connectivity index (χ2n) is 6.58. The van der Waals surface area contributed by atoms with Crippen molar-refractivity contribution in [3.63, 3.8) is 0 Å². The minimum Gasteiger partial charge on any atom is -0.350 e. The van der Waals surface area contributed by atoms with Crippen molar-refractivity contribution in [1.82, 2.24) is 10.3 Å². The lowest BCUT2D eigenvalue weighted by Gasteiger charge is -2.35. The third-order valence-electron chi connectivity index (χ3n) is 4.37. The Morgan fingerprint density at radius 1 is 1.28 bits per heavy atom. The molecule has 0 aliphatic heterocycles. The van der Waals surface area contributed by atoms with Crippen LogP contribution in [-0.4, -0.2) is 21.4 Å². The van der Waals surface area contributed by atoms with Gasteiger partial charge in [-0.2, -0.15) is 0 Å². The van der Waals surface area contributed by atoms with Crippen LogP contribution in [0.15, 0.2) is 48.8 Å². The number of aromatic nitrogens is 1. The molecule has 2 aromatic rings. The molecule has 1 aromatic heterocycles. The third-order valence-corrected chi connectivity index (χ3v) is 4.37. The third kappa shape index (κ3) is 4.62. The highest BCUT2D eigenvalue weighted by atomic mass is 16.6. The van der Waals surface area contributed by atoms with Gasteiger partial charge in [0.15, 0.2) is 0 Å². The van der Waals surface area contributed by atoms with Crippen molar-refractivity contribution in [2.75, 3.05) is 0 Å². The van der Waals surface area contributed by atoms with Crippen LogP contribution in [0.4, 0.5) is 5.69 Å². The van der Waals surface area contributed by atoms with Crippen LogP contribution in [0.1, 0.15) is 44.2 Å². The van der Waals surface area contributed by atoms with Gasteiger partial charge in [0.2, 0.25) is 5.91 Å². The predicted octanol–water partition coefficient (Wildman–Crippen LogP) is 3.62. The van der Waals surface area contributed by atoms with Gasteiger partial charge >= 0.3 is 0 Å². The first kappa shape index (κ1) is 18.6. The number of carbonyl (C=O) groups excluding carboxylic acids is 1. The highest BCUT2D eigenvalue weighted by Crippen LogP contribution is 2.31. The molecule has 0 bridgehead atoms. The lowest BCUT2D eigenvalue weighted by Crippen LogP contribution is -2.48. The molecular weight excluding hydrogens is 318 g/mol. The number of carbonyl (C=O) groups is 1. The first-order valence-corrected chi connectivity index (χ1v) is 8.28. The van der Waals surface area contributed by atoms with Crippen molar-refractivity contribution in [2.45, 2.75) is 45.1 Å². The van der Waals surface area contributed by atoms with E-state index >= 15 is 0 Å². The lowest BCUT2D eigenvalue weighted by atomic mass is 9.80. The molecule has 0 saturated heterocycles. The van der Waals surface area contributed by atoms with Crippen molar-refractivity contribution in [3.05, 3.63) is 70.0 Å². The number of hydrogen-bond acceptors (Lipinski definition) is 4. The van der Waals surface area contributed by atoms with E-state index in [9.17, 15) is 14.9 Å². The number of amides is 1. The first-order valence-electron chi connectivity index (χ1n) is 8.28. The fourth-order valence-corrected chi connectivity index (χ4v) is 3.25. The van der Waals surface area contributed by atoms with E-state index in [-0.39, 0.29) is 23.9 Å². The second-order valence-corrected chi connectivity index (χ2v) is 6.58. The number of hydrogen-bond donors (Lipinski definition) is 1. The van der Waals surface area contributed by atoms with Crippen LogP contribution >= 0.6 is 0 Å². The summed E-state index contributed by atoms with van der Waals surface area (Å²) in [5.74, 6) is -0.141. The summed E-state index contributed by atoms with van der Waals surface area (Å²) in [6, 6.07) is 10.2. The number of nitro groups is 1. The van der Waals surface area contributed by atoms with E-state index in [1.54, 1.807) is 24.4 Å². The highest BCUT2D eigenvalue weighted by Gasteiger charge is 2.31. The van der Waals surface area contributed by atoms with E-state index in [0.717, 1.165) is 12.0 Å². The summed E-state index contributed by atoms with van der Waals surface area (Å²) in [5, 5.41) is 14.1. The summed E-state index contributed by atoms with van der Waals surface area (Å²) in [6.07, 6.45) is 4.34. The lowest BCUT2D eigenvalue weighted by molar-refractivity contribution is -0.385. The van der Waals surface area contributed by atoms with Crippen LogP contribution in [0, 0.1) is 10.1 Å². The molecule has 6 nitrogen and oxygen atoms in total. The molecular formula is C19H23N3O3. The van der Waals surface area contributed by atoms with Gasteiger partial charge in [-0.25, -0.2) is 0 Å². The maximum Gasteiger partial charge on any atom is 0.273 e. The zero-order valence-electron chi connectivity index (χ0n) is 14.7. The van der Waals surface area contributed by atoms with Gasteiger partial charge in [0.1, 0.15) is 0 Å². The van der Waals surface area contributed by atoms with E-state index in [1.807, 2.05) is 32.2 Å². The van der Waals surface area contributed by atoms with E-state index in [0.29, 0.717) is 5.56 Å². The number of nitrogens with zero attached hydrogens (tertiary/aromatic N) is 2. The fraction of sp³-hybridized carbons (Fsp3) is 0.368. The van der Waals surface area contributed by atoms with Crippen LogP contribution in [0.3, 0.4) is 0 Å². The Morgan fingerprint density at radius 3 is 2.60 bits per heavy atom. The molecule has 1 atom stereocenters. The molecule has 0 fully saturated rings. The first-order chi connectivity index (χ1) is 11.8. The smallest absolute Gasteiger partial charge is 0.273 e. The number of para-hydroxylation sites is 1. The van der Waals surface area contributed by atoms with Crippen LogP contribution in [0.5, 0.6) is 0 Å². The number of rotatable bonds is 7. The van der Waals surface area contributed by atoms with Crippen molar-refractivity contribution in [2.24, 2.45) is 0 Å². The Bertz CT molecular complexity index is 745. The van der Waals surface area contributed by atoms with E-state index in [4.69, 9.17) is 0 Å². The molecule has 0 aliphatic carbocycles. The predicted molar refractivity (Wildman–Crippen MR) is 96.3 cm³/mol. The van der Waals surface area contributed by atoms with Gasteiger partial charge in [0, 0.05) is 35.5 Å². The molecule has 1 heterocycles. The molecule has 0 spiro atoms. The molecule has 1 aromatic carbocycles. The SMILES string of the molecule is CCC(c1cccnc1)C(C)(C)NC(=O)Cc1ccccc1[N+](=O)[O-]. The number of benzene rings is 1. The zero-order valence-corrected chi connectivity index (χ0v) is 14.7. The van der Waals surface area contributed by atoms with Gasteiger partial charge in [0.25, 0.3) is 5.69 Å². The number of nitrogens with one attached hydrogen (secondary N) is 1. The highest BCUT2D eigenvalue weighted by molar-refractivity contribution is 5.80. The van der Waals surface area contributed by atoms with Gasteiger partial charge < -0.3 is 5.32 Å². The summed E-state index contributed by atoms with van der Waals surface area (Å²) >= 11 is 0. The summed E-state index contributed by atoms with van der Waals surface area (Å²) in [4.78, 5) is 27.3. The molecule has 6 heteroatoms. The Labute approximate surface area is 147 Å². The van der Waals surface area contributed by atoms with Crippen LogP contribution in [0.25, 0.3) is 0 Å². The van der Waals surface area contributed by atoms with Gasteiger partial charge in [-0.1, -0.05) is 31.2 Å². The second kappa shape index (κ2) is 7.88. The molecule has 0 saturated carbocycles. The molecule has 132 valence electrons. The standard InChI is InChI=1S/C19H23N3O3/c1-4-16(15-9-7-11-20-13-15)19(2,3)21-18(23)12-14-8-5-6-10-17(14)22(24)25/h5-11,13,16H,4,12H2,1-3H3,(H,21,23). The van der Waals surface area contributed by atoms with Crippen LogP contribution < -0.4 is 5.32 Å². The van der Waals surface area contributed by atoms with Gasteiger partial charge in [0.05, 0.1) is 11.3 Å². The average molecular weight is 341 g/mol. The molecule has 25 heavy (non-hydrogen) atoms. The van der Waals surface area contributed by atoms with Crippen molar-refractivity contribution >= 4 is 11.6 Å². The zero-order chi connectivity index (χ0) is 18.4. The maximum atomic E-state index is 12.5. The summed E-state index contributed by atoms with van der Waals surface area (Å²) in [7, 11) is 0. The molecule has 0 aliphatic rings. The Morgan fingerprint density at radius 2 is 2.00 bits per heavy atom. The Kier molecular flexibility index (Phi) is 5.85. The summed E-state index contributed by atoms with van der Waals surface area (Å²) in [6.45, 7) is 5.99. The topological polar surface area (TPSA) is 85.1 Å². The largest absolute Gasteiger partial charge is 0.350 e. The number of nitro benzene ring substituents is 1. The number of pyridine rings is 1. The molecule has 2 rings (SSSR count). The van der Waals surface area contributed by atoms with E-state index in [2.05, 4.69) is 17.2 Å².